The molecular formula is C9H8ClF2NO2. The fourth-order valence-electron chi connectivity index (χ4n) is 1.20. The van der Waals surface area contributed by atoms with Gasteiger partial charge in [-0.25, -0.2) is 13.8 Å². The summed E-state index contributed by atoms with van der Waals surface area (Å²) in [7, 11) is 1.33. The highest BCUT2D eigenvalue weighted by Crippen LogP contribution is 2.29. The van der Waals surface area contributed by atoms with Crippen molar-refractivity contribution in [3.8, 4) is 5.88 Å². The molecule has 0 aliphatic heterocycles. The van der Waals surface area contributed by atoms with Crippen LogP contribution in [0.1, 0.15) is 28.0 Å². The van der Waals surface area contributed by atoms with Gasteiger partial charge in [0.25, 0.3) is 11.7 Å². The van der Waals surface area contributed by atoms with Gasteiger partial charge in [-0.05, 0) is 18.5 Å². The van der Waals surface area contributed by atoms with Gasteiger partial charge < -0.3 is 4.74 Å². The van der Waals surface area contributed by atoms with Crippen LogP contribution in [0.25, 0.3) is 0 Å². The number of aryl methyl sites for hydroxylation is 1. The van der Waals surface area contributed by atoms with Crippen LogP contribution >= 0.6 is 11.6 Å². The maximum atomic E-state index is 12.6. The second-order valence-electron chi connectivity index (χ2n) is 2.79. The number of halogens is 3. The molecule has 0 fully saturated rings. The Morgan fingerprint density at radius 2 is 2.20 bits per heavy atom. The molecule has 1 aromatic heterocycles. The van der Waals surface area contributed by atoms with Crippen LogP contribution in [0.5, 0.6) is 5.88 Å². The zero-order chi connectivity index (χ0) is 11.6. The molecule has 0 saturated carbocycles. The molecule has 0 atom stereocenters. The molecule has 3 nitrogen and oxygen atoms in total. The maximum absolute atomic E-state index is 12.6. The van der Waals surface area contributed by atoms with Crippen molar-refractivity contribution in [3.05, 3.63) is 22.9 Å². The molecule has 82 valence electrons. The number of hydrogen-bond acceptors (Lipinski definition) is 3. The lowest BCUT2D eigenvalue weighted by Crippen LogP contribution is -2.05. The van der Waals surface area contributed by atoms with E-state index in [0.717, 1.165) is 6.07 Å². The zero-order valence-electron chi connectivity index (χ0n) is 8.05. The lowest BCUT2D eigenvalue weighted by atomic mass is 10.1. The summed E-state index contributed by atoms with van der Waals surface area (Å²) in [6.07, 6.45) is -2.79. The largest absolute Gasteiger partial charge is 0.481 e. The zero-order valence-corrected chi connectivity index (χ0v) is 8.81. The van der Waals surface area contributed by atoms with Gasteiger partial charge in [0, 0.05) is 6.07 Å². The minimum Gasteiger partial charge on any atom is -0.481 e. The monoisotopic (exact) mass is 235 g/mol. The van der Waals surface area contributed by atoms with Crippen LogP contribution in [0.2, 0.25) is 0 Å². The Balaban J connectivity index is 3.42. The van der Waals surface area contributed by atoms with E-state index in [1.54, 1.807) is 0 Å². The number of nitrogens with zero attached hydrogens (tertiary/aromatic N) is 1. The van der Waals surface area contributed by atoms with E-state index in [0.29, 0.717) is 0 Å². The normalized spacial score (nSPS) is 10.5. The van der Waals surface area contributed by atoms with Gasteiger partial charge in [0.2, 0.25) is 5.88 Å². The number of methoxy groups -OCH3 is 1. The number of carbonyl (C=O) groups is 1. The van der Waals surface area contributed by atoms with Crippen molar-refractivity contribution in [1.29, 1.82) is 0 Å². The Labute approximate surface area is 90.0 Å². The van der Waals surface area contributed by atoms with Gasteiger partial charge in [-0.15, -0.1) is 0 Å². The van der Waals surface area contributed by atoms with Gasteiger partial charge >= 0.3 is 0 Å². The quantitative estimate of drug-likeness (QED) is 0.756. The summed E-state index contributed by atoms with van der Waals surface area (Å²) in [4.78, 5) is 14.7. The number of pyridine rings is 1. The van der Waals surface area contributed by atoms with Gasteiger partial charge in [0.15, 0.2) is 0 Å². The fraction of sp³-hybridized carbons (Fsp3) is 0.333. The van der Waals surface area contributed by atoms with Gasteiger partial charge in [0.1, 0.15) is 0 Å². The molecule has 0 N–H and O–H groups in total. The Hall–Kier alpha value is -1.23. The summed E-state index contributed by atoms with van der Waals surface area (Å²) in [5.41, 5.74) is -0.680. The predicted octanol–water partition coefficient (Wildman–Crippen LogP) is 2.72. The average molecular weight is 236 g/mol. The molecule has 0 aliphatic rings. The minimum atomic E-state index is -2.79. The first-order valence-electron chi connectivity index (χ1n) is 4.01. The van der Waals surface area contributed by atoms with E-state index in [1.807, 2.05) is 0 Å². The molecular weight excluding hydrogens is 228 g/mol. The molecule has 0 bridgehead atoms. The molecule has 0 unspecified atom stereocenters. The number of aromatic nitrogens is 1. The highest BCUT2D eigenvalue weighted by Gasteiger charge is 2.22. The van der Waals surface area contributed by atoms with Crippen LogP contribution in [0.3, 0.4) is 0 Å². The number of rotatable bonds is 3. The standard InChI is InChI=1S/C9H8ClF2NO2/c1-4-7(9(11)12)5(8(10)14)3-6(13-4)15-2/h3,9H,1-2H3. The first kappa shape index (κ1) is 11.8. The van der Waals surface area contributed by atoms with Crippen LogP contribution in [0.15, 0.2) is 6.07 Å². The Morgan fingerprint density at radius 3 is 2.60 bits per heavy atom. The van der Waals surface area contributed by atoms with Crippen molar-refractivity contribution in [2.75, 3.05) is 7.11 Å². The first-order chi connectivity index (χ1) is 6.97. The highest BCUT2D eigenvalue weighted by atomic mass is 35.5. The number of alkyl halides is 2. The number of hydrogen-bond donors (Lipinski definition) is 0. The van der Waals surface area contributed by atoms with E-state index in [-0.39, 0.29) is 17.1 Å². The van der Waals surface area contributed by atoms with Crippen LogP contribution < -0.4 is 4.74 Å². The lowest BCUT2D eigenvalue weighted by Gasteiger charge is -2.10. The Morgan fingerprint density at radius 1 is 1.60 bits per heavy atom. The van der Waals surface area contributed by atoms with E-state index >= 15 is 0 Å². The molecule has 1 aromatic rings. The first-order valence-corrected chi connectivity index (χ1v) is 4.38. The molecule has 0 aromatic carbocycles. The molecule has 0 aliphatic carbocycles. The summed E-state index contributed by atoms with van der Waals surface area (Å²) in [5.74, 6) is 0.0842. The molecule has 15 heavy (non-hydrogen) atoms. The van der Waals surface area contributed by atoms with Gasteiger partial charge in [-0.1, -0.05) is 0 Å². The number of ether oxygens (including phenoxy) is 1. The third kappa shape index (κ3) is 2.41. The molecule has 0 spiro atoms. The predicted molar refractivity (Wildman–Crippen MR) is 50.7 cm³/mol. The van der Waals surface area contributed by atoms with Crippen LogP contribution in [-0.2, 0) is 0 Å². The second-order valence-corrected chi connectivity index (χ2v) is 3.13. The fourth-order valence-corrected chi connectivity index (χ4v) is 1.35. The third-order valence-corrected chi connectivity index (χ3v) is 2.07. The molecule has 1 heterocycles. The van der Waals surface area contributed by atoms with Gasteiger partial charge in [0.05, 0.1) is 23.9 Å². The van der Waals surface area contributed by atoms with Crippen molar-refractivity contribution in [1.82, 2.24) is 4.98 Å². The molecule has 1 rings (SSSR count). The molecule has 0 radical (unpaired) electrons. The van der Waals surface area contributed by atoms with E-state index in [9.17, 15) is 13.6 Å². The molecule has 0 amide bonds. The summed E-state index contributed by atoms with van der Waals surface area (Å²) in [5, 5.41) is -0.950. The Bertz CT molecular complexity index is 396. The van der Waals surface area contributed by atoms with E-state index < -0.39 is 17.2 Å². The van der Waals surface area contributed by atoms with Crippen molar-refractivity contribution in [3.63, 3.8) is 0 Å². The average Bonchev–Trinajstić information content (AvgIpc) is 2.15. The van der Waals surface area contributed by atoms with Crippen LogP contribution in [0, 0.1) is 6.92 Å². The second kappa shape index (κ2) is 4.53. The van der Waals surface area contributed by atoms with E-state index in [4.69, 9.17) is 16.3 Å². The van der Waals surface area contributed by atoms with Crippen molar-refractivity contribution in [2.24, 2.45) is 0 Å². The highest BCUT2D eigenvalue weighted by molar-refractivity contribution is 6.68. The van der Waals surface area contributed by atoms with E-state index in [2.05, 4.69) is 4.98 Å². The van der Waals surface area contributed by atoms with Gasteiger partial charge in [-0.2, -0.15) is 0 Å². The number of carbonyl (C=O) groups excluding carboxylic acids is 1. The molecule has 6 heteroatoms. The summed E-state index contributed by atoms with van der Waals surface area (Å²) in [6.45, 7) is 1.37. The SMILES string of the molecule is COc1cc(C(=O)Cl)c(C(F)F)c(C)n1. The maximum Gasteiger partial charge on any atom is 0.266 e. The van der Waals surface area contributed by atoms with Crippen molar-refractivity contribution in [2.45, 2.75) is 13.3 Å². The summed E-state index contributed by atoms with van der Waals surface area (Å²) >= 11 is 5.20. The molecule has 0 saturated heterocycles. The topological polar surface area (TPSA) is 39.2 Å². The summed E-state index contributed by atoms with van der Waals surface area (Å²) < 4.78 is 29.9. The van der Waals surface area contributed by atoms with Gasteiger partial charge in [-0.3, -0.25) is 4.79 Å². The Kier molecular flexibility index (Phi) is 3.57. The van der Waals surface area contributed by atoms with Crippen molar-refractivity contribution < 1.29 is 18.3 Å². The third-order valence-electron chi connectivity index (χ3n) is 1.86. The van der Waals surface area contributed by atoms with Crippen LogP contribution in [0.4, 0.5) is 8.78 Å². The van der Waals surface area contributed by atoms with E-state index in [1.165, 1.54) is 14.0 Å². The van der Waals surface area contributed by atoms with Crippen LogP contribution in [-0.4, -0.2) is 17.3 Å². The smallest absolute Gasteiger partial charge is 0.266 e. The summed E-state index contributed by atoms with van der Waals surface area (Å²) in [6, 6.07) is 1.10. The minimum absolute atomic E-state index is 0.0355. The lowest BCUT2D eigenvalue weighted by molar-refractivity contribution is 0.106. The van der Waals surface area contributed by atoms with Crippen molar-refractivity contribution >= 4 is 16.8 Å².